The molecule has 1 aromatic carbocycles. The van der Waals surface area contributed by atoms with E-state index < -0.39 is 6.10 Å². The predicted octanol–water partition coefficient (Wildman–Crippen LogP) is 3.60. The van der Waals surface area contributed by atoms with Gasteiger partial charge in [-0.1, -0.05) is 26.0 Å². The molecule has 0 aliphatic carbocycles. The molecule has 2 rings (SSSR count). The number of amides is 1. The van der Waals surface area contributed by atoms with Crippen molar-refractivity contribution >= 4 is 5.91 Å². The van der Waals surface area contributed by atoms with Crippen LogP contribution in [0.15, 0.2) is 42.7 Å². The van der Waals surface area contributed by atoms with E-state index in [2.05, 4.69) is 36.3 Å². The van der Waals surface area contributed by atoms with Crippen molar-refractivity contribution in [3.63, 3.8) is 0 Å². The Labute approximate surface area is 137 Å². The molecule has 23 heavy (non-hydrogen) atoms. The lowest BCUT2D eigenvalue weighted by Crippen LogP contribution is -2.36. The number of carbonyl (C=O) groups excluding carboxylic acids is 1. The summed E-state index contributed by atoms with van der Waals surface area (Å²) in [4.78, 5) is 16.2. The van der Waals surface area contributed by atoms with Gasteiger partial charge in [-0.3, -0.25) is 9.78 Å². The summed E-state index contributed by atoms with van der Waals surface area (Å²) in [6.45, 7) is 8.50. The maximum Gasteiger partial charge on any atom is 0.261 e. The normalized spacial score (nSPS) is 12.0. The summed E-state index contributed by atoms with van der Waals surface area (Å²) in [5.74, 6) is 1.00. The molecule has 0 spiro atoms. The van der Waals surface area contributed by atoms with E-state index in [1.807, 2.05) is 25.1 Å². The van der Waals surface area contributed by atoms with Gasteiger partial charge >= 0.3 is 0 Å². The van der Waals surface area contributed by atoms with E-state index in [0.717, 1.165) is 22.4 Å². The van der Waals surface area contributed by atoms with Gasteiger partial charge in [0.1, 0.15) is 5.75 Å². The highest BCUT2D eigenvalue weighted by atomic mass is 16.5. The van der Waals surface area contributed by atoms with E-state index in [4.69, 9.17) is 4.74 Å². The highest BCUT2D eigenvalue weighted by molar-refractivity contribution is 5.80. The minimum absolute atomic E-state index is 0.127. The molecule has 4 nitrogen and oxygen atoms in total. The van der Waals surface area contributed by atoms with Gasteiger partial charge in [0.05, 0.1) is 0 Å². The van der Waals surface area contributed by atoms with Crippen LogP contribution in [-0.4, -0.2) is 17.0 Å². The first-order chi connectivity index (χ1) is 11.0. The fourth-order valence-electron chi connectivity index (χ4n) is 2.30. The number of nitrogens with zero attached hydrogens (tertiary/aromatic N) is 1. The van der Waals surface area contributed by atoms with Crippen molar-refractivity contribution in [1.82, 2.24) is 10.3 Å². The van der Waals surface area contributed by atoms with Crippen LogP contribution in [-0.2, 0) is 11.3 Å². The largest absolute Gasteiger partial charge is 0.481 e. The van der Waals surface area contributed by atoms with Crippen molar-refractivity contribution in [3.8, 4) is 5.75 Å². The standard InChI is InChI=1S/C19H24N2O2/c1-13(2)17-6-5-14(3)11-18(17)23-15(4)19(22)21-12-16-7-9-20-10-8-16/h5-11,13,15H,12H2,1-4H3,(H,21,22)/t15-/m1/s1. The van der Waals surface area contributed by atoms with E-state index >= 15 is 0 Å². The summed E-state index contributed by atoms with van der Waals surface area (Å²) in [6.07, 6.45) is 2.88. The molecule has 0 bridgehead atoms. The molecule has 0 saturated heterocycles. The van der Waals surface area contributed by atoms with Gasteiger partial charge in [-0.15, -0.1) is 0 Å². The number of aromatic nitrogens is 1. The van der Waals surface area contributed by atoms with Crippen LogP contribution in [0.25, 0.3) is 0 Å². The van der Waals surface area contributed by atoms with Crippen LogP contribution in [0.4, 0.5) is 0 Å². The topological polar surface area (TPSA) is 51.2 Å². The van der Waals surface area contributed by atoms with E-state index in [9.17, 15) is 4.79 Å². The minimum atomic E-state index is -0.545. The number of rotatable bonds is 6. The highest BCUT2D eigenvalue weighted by Crippen LogP contribution is 2.28. The molecule has 0 aliphatic heterocycles. The van der Waals surface area contributed by atoms with Crippen LogP contribution < -0.4 is 10.1 Å². The second kappa shape index (κ2) is 7.77. The van der Waals surface area contributed by atoms with Crippen LogP contribution in [0, 0.1) is 6.92 Å². The highest BCUT2D eigenvalue weighted by Gasteiger charge is 2.17. The third-order valence-corrected chi connectivity index (χ3v) is 3.68. The zero-order valence-electron chi connectivity index (χ0n) is 14.2. The lowest BCUT2D eigenvalue weighted by atomic mass is 10.0. The predicted molar refractivity (Wildman–Crippen MR) is 91.4 cm³/mol. The summed E-state index contributed by atoms with van der Waals surface area (Å²) in [5.41, 5.74) is 3.25. The van der Waals surface area contributed by atoms with Crippen LogP contribution in [0.5, 0.6) is 5.75 Å². The van der Waals surface area contributed by atoms with E-state index in [0.29, 0.717) is 12.5 Å². The Morgan fingerprint density at radius 1 is 1.17 bits per heavy atom. The van der Waals surface area contributed by atoms with Gasteiger partial charge in [0.15, 0.2) is 6.10 Å². The fourth-order valence-corrected chi connectivity index (χ4v) is 2.30. The SMILES string of the molecule is Cc1ccc(C(C)C)c(O[C@H](C)C(=O)NCc2ccncc2)c1. The zero-order chi connectivity index (χ0) is 16.8. The van der Waals surface area contributed by atoms with Gasteiger partial charge < -0.3 is 10.1 Å². The molecule has 122 valence electrons. The summed E-state index contributed by atoms with van der Waals surface area (Å²) in [7, 11) is 0. The van der Waals surface area contributed by atoms with Gasteiger partial charge in [0.25, 0.3) is 5.91 Å². The maximum absolute atomic E-state index is 12.2. The molecule has 0 fully saturated rings. The first kappa shape index (κ1) is 17.0. The summed E-state index contributed by atoms with van der Waals surface area (Å²) >= 11 is 0. The molecule has 1 N–H and O–H groups in total. The Kier molecular flexibility index (Phi) is 5.74. The molecule has 1 aromatic heterocycles. The Bertz CT molecular complexity index is 654. The number of hydrogen-bond donors (Lipinski definition) is 1. The lowest BCUT2D eigenvalue weighted by Gasteiger charge is -2.19. The molecule has 4 heteroatoms. The van der Waals surface area contributed by atoms with Gasteiger partial charge in [0, 0.05) is 18.9 Å². The third-order valence-electron chi connectivity index (χ3n) is 3.68. The zero-order valence-corrected chi connectivity index (χ0v) is 14.2. The average molecular weight is 312 g/mol. The van der Waals surface area contributed by atoms with E-state index in [-0.39, 0.29) is 5.91 Å². The first-order valence-electron chi connectivity index (χ1n) is 7.91. The number of pyridine rings is 1. The van der Waals surface area contributed by atoms with Crippen molar-refractivity contribution in [2.45, 2.75) is 46.3 Å². The molecular weight excluding hydrogens is 288 g/mol. The number of aryl methyl sites for hydroxylation is 1. The number of ether oxygens (including phenoxy) is 1. The quantitative estimate of drug-likeness (QED) is 0.886. The molecule has 1 heterocycles. The van der Waals surface area contributed by atoms with Crippen LogP contribution in [0.2, 0.25) is 0 Å². The lowest BCUT2D eigenvalue weighted by molar-refractivity contribution is -0.127. The molecule has 2 aromatic rings. The van der Waals surface area contributed by atoms with Gasteiger partial charge in [-0.2, -0.15) is 0 Å². The third kappa shape index (κ3) is 4.81. The van der Waals surface area contributed by atoms with Gasteiger partial charge in [-0.25, -0.2) is 0 Å². The van der Waals surface area contributed by atoms with Crippen molar-refractivity contribution in [1.29, 1.82) is 0 Å². The van der Waals surface area contributed by atoms with Crippen molar-refractivity contribution < 1.29 is 9.53 Å². The van der Waals surface area contributed by atoms with Crippen LogP contribution in [0.3, 0.4) is 0 Å². The molecule has 0 aliphatic rings. The van der Waals surface area contributed by atoms with Crippen molar-refractivity contribution in [3.05, 3.63) is 59.4 Å². The number of benzene rings is 1. The fraction of sp³-hybridized carbons (Fsp3) is 0.368. The van der Waals surface area contributed by atoms with E-state index in [1.54, 1.807) is 19.3 Å². The molecule has 0 saturated carbocycles. The van der Waals surface area contributed by atoms with Crippen LogP contribution >= 0.6 is 0 Å². The smallest absolute Gasteiger partial charge is 0.261 e. The number of hydrogen-bond acceptors (Lipinski definition) is 3. The van der Waals surface area contributed by atoms with E-state index in [1.165, 1.54) is 0 Å². The Morgan fingerprint density at radius 2 is 1.87 bits per heavy atom. The molecule has 1 atom stereocenters. The van der Waals surface area contributed by atoms with Gasteiger partial charge in [0.2, 0.25) is 0 Å². The summed E-state index contributed by atoms with van der Waals surface area (Å²) in [5, 5.41) is 2.89. The van der Waals surface area contributed by atoms with Crippen molar-refractivity contribution in [2.75, 3.05) is 0 Å². The first-order valence-corrected chi connectivity index (χ1v) is 7.91. The summed E-state index contributed by atoms with van der Waals surface area (Å²) < 4.78 is 5.91. The minimum Gasteiger partial charge on any atom is -0.481 e. The average Bonchev–Trinajstić information content (AvgIpc) is 2.53. The van der Waals surface area contributed by atoms with Crippen LogP contribution in [0.1, 0.15) is 43.4 Å². The Morgan fingerprint density at radius 3 is 2.52 bits per heavy atom. The molecule has 0 radical (unpaired) electrons. The second-order valence-corrected chi connectivity index (χ2v) is 6.03. The molecular formula is C19H24N2O2. The van der Waals surface area contributed by atoms with Crippen molar-refractivity contribution in [2.24, 2.45) is 0 Å². The Hall–Kier alpha value is -2.36. The monoisotopic (exact) mass is 312 g/mol. The number of carbonyl (C=O) groups is 1. The molecule has 1 amide bonds. The maximum atomic E-state index is 12.2. The second-order valence-electron chi connectivity index (χ2n) is 6.03. The number of nitrogens with one attached hydrogen (secondary N) is 1. The molecule has 0 unspecified atom stereocenters. The summed E-state index contributed by atoms with van der Waals surface area (Å²) in [6, 6.07) is 9.88. The van der Waals surface area contributed by atoms with Gasteiger partial charge in [-0.05, 0) is 54.7 Å². The Balaban J connectivity index is 1.99.